The fourth-order valence-corrected chi connectivity index (χ4v) is 0.762. The molecule has 0 saturated carbocycles. The highest BCUT2D eigenvalue weighted by atomic mass is 16.5. The van der Waals surface area contributed by atoms with E-state index in [0.717, 1.165) is 13.0 Å². The maximum absolute atomic E-state index is 5.29. The predicted molar refractivity (Wildman–Crippen MR) is 37.7 cm³/mol. The maximum Gasteiger partial charge on any atom is 0.208 e. The largest absolute Gasteiger partial charge is 0.473 e. The number of ether oxygens (including phenoxy) is 1. The Balaban J connectivity index is 2.39. The van der Waals surface area contributed by atoms with Gasteiger partial charge in [-0.15, -0.1) is 0 Å². The summed E-state index contributed by atoms with van der Waals surface area (Å²) in [6.45, 7) is 6.45. The van der Waals surface area contributed by atoms with Crippen LogP contribution in [0.4, 0.5) is 0 Å². The van der Waals surface area contributed by atoms with E-state index in [-0.39, 0.29) is 0 Å². The van der Waals surface area contributed by atoms with Gasteiger partial charge in [-0.2, -0.15) is 0 Å². The molecule has 1 rings (SSSR count). The summed E-state index contributed by atoms with van der Waals surface area (Å²) in [6, 6.07) is 0. The number of aliphatic imine (C=N–C) groups is 1. The minimum Gasteiger partial charge on any atom is -0.473 e. The highest BCUT2D eigenvalue weighted by Crippen LogP contribution is 2.07. The van der Waals surface area contributed by atoms with Crippen molar-refractivity contribution in [2.75, 3.05) is 6.54 Å². The van der Waals surface area contributed by atoms with Crippen molar-refractivity contribution < 1.29 is 4.74 Å². The molecule has 1 unspecified atom stereocenters. The Morgan fingerprint density at radius 3 is 3.11 bits per heavy atom. The van der Waals surface area contributed by atoms with Crippen LogP contribution in [0.1, 0.15) is 13.3 Å². The second-order valence-corrected chi connectivity index (χ2v) is 2.03. The lowest BCUT2D eigenvalue weighted by atomic mass is 10.3. The molecule has 0 spiro atoms. The van der Waals surface area contributed by atoms with Crippen LogP contribution in [0.3, 0.4) is 0 Å². The van der Waals surface area contributed by atoms with Crippen LogP contribution in [-0.4, -0.2) is 18.5 Å². The Labute approximate surface area is 55.2 Å². The molecule has 1 aliphatic rings. The van der Waals surface area contributed by atoms with Gasteiger partial charge in [0, 0.05) is 0 Å². The summed E-state index contributed by atoms with van der Waals surface area (Å²) in [5.74, 6) is 0.696. The first-order chi connectivity index (χ1) is 4.36. The molecule has 0 bridgehead atoms. The van der Waals surface area contributed by atoms with E-state index in [4.69, 9.17) is 4.74 Å². The van der Waals surface area contributed by atoms with Gasteiger partial charge in [0.05, 0.1) is 6.54 Å². The van der Waals surface area contributed by atoms with Gasteiger partial charge in [0.25, 0.3) is 0 Å². The highest BCUT2D eigenvalue weighted by molar-refractivity contribution is 5.88. The van der Waals surface area contributed by atoms with Crippen LogP contribution >= 0.6 is 0 Å². The molecule has 0 aromatic rings. The van der Waals surface area contributed by atoms with Crippen molar-refractivity contribution in [1.82, 2.24) is 0 Å². The lowest BCUT2D eigenvalue weighted by molar-refractivity contribution is 0.221. The van der Waals surface area contributed by atoms with E-state index in [0.29, 0.717) is 12.0 Å². The Morgan fingerprint density at radius 1 is 2.00 bits per heavy atom. The number of hydrogen-bond acceptors (Lipinski definition) is 2. The molecule has 0 saturated heterocycles. The lowest BCUT2D eigenvalue weighted by Gasteiger charge is -2.04. The molecule has 1 atom stereocenters. The predicted octanol–water partition coefficient (Wildman–Crippen LogP) is 1.38. The average Bonchev–Trinajstić information content (AvgIpc) is 2.34. The molecule has 0 aliphatic carbocycles. The van der Waals surface area contributed by atoms with E-state index >= 15 is 0 Å². The standard InChI is InChI=1S/C7H11NO/c1-3-6-5-8-7(4-2)9-6/h4,6H,2-3,5H2,1H3. The average molecular weight is 125 g/mol. The van der Waals surface area contributed by atoms with Gasteiger partial charge in [0.2, 0.25) is 5.90 Å². The molecule has 0 aromatic heterocycles. The molecule has 2 heteroatoms. The molecule has 2 nitrogen and oxygen atoms in total. The zero-order chi connectivity index (χ0) is 6.69. The summed E-state index contributed by atoms with van der Waals surface area (Å²) in [5.41, 5.74) is 0. The third-order valence-electron chi connectivity index (χ3n) is 1.37. The quantitative estimate of drug-likeness (QED) is 0.546. The van der Waals surface area contributed by atoms with E-state index in [1.54, 1.807) is 6.08 Å². The van der Waals surface area contributed by atoms with Crippen molar-refractivity contribution in [2.45, 2.75) is 19.4 Å². The second kappa shape index (κ2) is 2.67. The van der Waals surface area contributed by atoms with E-state index < -0.39 is 0 Å². The molecular formula is C7H11NO. The molecular weight excluding hydrogens is 114 g/mol. The van der Waals surface area contributed by atoms with Crippen molar-refractivity contribution in [1.29, 1.82) is 0 Å². The first-order valence-corrected chi connectivity index (χ1v) is 3.20. The van der Waals surface area contributed by atoms with Crippen LogP contribution in [0, 0.1) is 0 Å². The molecule has 50 valence electrons. The minimum absolute atomic E-state index is 0.304. The van der Waals surface area contributed by atoms with Gasteiger partial charge in [-0.25, -0.2) is 4.99 Å². The van der Waals surface area contributed by atoms with Gasteiger partial charge in [-0.3, -0.25) is 0 Å². The van der Waals surface area contributed by atoms with Gasteiger partial charge in [0.1, 0.15) is 6.10 Å². The first-order valence-electron chi connectivity index (χ1n) is 3.20. The van der Waals surface area contributed by atoms with Crippen LogP contribution < -0.4 is 0 Å². The fraction of sp³-hybridized carbons (Fsp3) is 0.571. The van der Waals surface area contributed by atoms with E-state index in [1.807, 2.05) is 0 Å². The maximum atomic E-state index is 5.29. The normalized spacial score (nSPS) is 25.0. The van der Waals surface area contributed by atoms with Crippen molar-refractivity contribution in [3.8, 4) is 0 Å². The number of rotatable bonds is 2. The number of hydrogen-bond donors (Lipinski definition) is 0. The third kappa shape index (κ3) is 1.31. The van der Waals surface area contributed by atoms with Crippen molar-refractivity contribution in [2.24, 2.45) is 4.99 Å². The lowest BCUT2D eigenvalue weighted by Crippen LogP contribution is -2.09. The van der Waals surface area contributed by atoms with Gasteiger partial charge in [0.15, 0.2) is 0 Å². The third-order valence-corrected chi connectivity index (χ3v) is 1.37. The van der Waals surface area contributed by atoms with E-state index in [2.05, 4.69) is 18.5 Å². The van der Waals surface area contributed by atoms with Gasteiger partial charge < -0.3 is 4.74 Å². The van der Waals surface area contributed by atoms with Gasteiger partial charge in [-0.1, -0.05) is 13.5 Å². The van der Waals surface area contributed by atoms with Crippen LogP contribution in [0.2, 0.25) is 0 Å². The van der Waals surface area contributed by atoms with Crippen molar-refractivity contribution in [3.63, 3.8) is 0 Å². The Bertz CT molecular complexity index is 140. The minimum atomic E-state index is 0.304. The molecule has 1 aliphatic heterocycles. The van der Waals surface area contributed by atoms with E-state index in [9.17, 15) is 0 Å². The summed E-state index contributed by atoms with van der Waals surface area (Å²) in [6.07, 6.45) is 2.98. The number of nitrogens with zero attached hydrogens (tertiary/aromatic N) is 1. The zero-order valence-corrected chi connectivity index (χ0v) is 5.63. The van der Waals surface area contributed by atoms with Crippen LogP contribution in [0.15, 0.2) is 17.6 Å². The fourth-order valence-electron chi connectivity index (χ4n) is 0.762. The highest BCUT2D eigenvalue weighted by Gasteiger charge is 2.14. The summed E-state index contributed by atoms with van der Waals surface area (Å²) in [5, 5.41) is 0. The Morgan fingerprint density at radius 2 is 2.78 bits per heavy atom. The molecule has 0 radical (unpaired) electrons. The van der Waals surface area contributed by atoms with Crippen LogP contribution in [0.25, 0.3) is 0 Å². The summed E-state index contributed by atoms with van der Waals surface area (Å²) >= 11 is 0. The molecule has 1 heterocycles. The van der Waals surface area contributed by atoms with E-state index in [1.165, 1.54) is 0 Å². The molecule has 0 fully saturated rings. The summed E-state index contributed by atoms with van der Waals surface area (Å²) < 4.78 is 5.29. The van der Waals surface area contributed by atoms with Gasteiger partial charge in [-0.05, 0) is 12.5 Å². The van der Waals surface area contributed by atoms with Crippen molar-refractivity contribution >= 4 is 5.90 Å². The van der Waals surface area contributed by atoms with Crippen LogP contribution in [0.5, 0.6) is 0 Å². The molecule has 0 aromatic carbocycles. The molecule has 9 heavy (non-hydrogen) atoms. The Kier molecular flexibility index (Phi) is 1.88. The molecule has 0 amide bonds. The topological polar surface area (TPSA) is 21.6 Å². The summed E-state index contributed by atoms with van der Waals surface area (Å²) in [4.78, 5) is 4.08. The first kappa shape index (κ1) is 6.33. The second-order valence-electron chi connectivity index (χ2n) is 2.03. The SMILES string of the molecule is C=CC1=NCC(CC)O1. The Hall–Kier alpha value is -0.790. The monoisotopic (exact) mass is 125 g/mol. The smallest absolute Gasteiger partial charge is 0.208 e. The zero-order valence-electron chi connectivity index (χ0n) is 5.63. The van der Waals surface area contributed by atoms with Crippen LogP contribution in [-0.2, 0) is 4.74 Å². The van der Waals surface area contributed by atoms with Gasteiger partial charge >= 0.3 is 0 Å². The summed E-state index contributed by atoms with van der Waals surface area (Å²) in [7, 11) is 0. The molecule has 0 N–H and O–H groups in total. The van der Waals surface area contributed by atoms with Crippen molar-refractivity contribution in [3.05, 3.63) is 12.7 Å².